The minimum absolute atomic E-state index is 0.104. The van der Waals surface area contributed by atoms with Crippen molar-refractivity contribution >= 4 is 39.7 Å². The van der Waals surface area contributed by atoms with Gasteiger partial charge in [0.15, 0.2) is 5.13 Å². The lowest BCUT2D eigenvalue weighted by molar-refractivity contribution is 0.0986. The van der Waals surface area contributed by atoms with Crippen LogP contribution in [0.15, 0.2) is 97.1 Å². The van der Waals surface area contributed by atoms with Gasteiger partial charge in [-0.15, -0.1) is 11.3 Å². The minimum atomic E-state index is -0.204. The number of amides is 2. The maximum atomic E-state index is 13.6. The van der Waals surface area contributed by atoms with Gasteiger partial charge in [0.2, 0.25) is 0 Å². The van der Waals surface area contributed by atoms with Crippen LogP contribution in [0.1, 0.15) is 31.2 Å². The molecule has 0 atom stereocenters. The number of para-hydroxylation sites is 1. The third kappa shape index (κ3) is 4.80. The van der Waals surface area contributed by atoms with E-state index in [1.165, 1.54) is 11.3 Å². The van der Waals surface area contributed by atoms with Gasteiger partial charge in [-0.2, -0.15) is 0 Å². The molecule has 5 aromatic rings. The highest BCUT2D eigenvalue weighted by atomic mass is 32.1. The van der Waals surface area contributed by atoms with Gasteiger partial charge >= 0.3 is 0 Å². The second kappa shape index (κ2) is 10.2. The zero-order valence-corrected chi connectivity index (χ0v) is 22.2. The minimum Gasteiger partial charge on any atom is -0.375 e. The van der Waals surface area contributed by atoms with Gasteiger partial charge in [0, 0.05) is 40.2 Å². The SMILES string of the molecule is Cc1ccc(-c2ccccc2C(=O)Nc2ccc(C(=O)N3CCc4sc(N)nc4-c4ccccc43)cc2)cc1. The molecule has 39 heavy (non-hydrogen) atoms. The quantitative estimate of drug-likeness (QED) is 0.267. The van der Waals surface area contributed by atoms with Crippen molar-refractivity contribution in [2.75, 3.05) is 22.5 Å². The average Bonchev–Trinajstić information content (AvgIpc) is 3.27. The summed E-state index contributed by atoms with van der Waals surface area (Å²) in [4.78, 5) is 34.3. The topological polar surface area (TPSA) is 88.3 Å². The van der Waals surface area contributed by atoms with Crippen LogP contribution in [0.5, 0.6) is 0 Å². The smallest absolute Gasteiger partial charge is 0.258 e. The number of nitrogen functional groups attached to an aromatic ring is 1. The highest BCUT2D eigenvalue weighted by Gasteiger charge is 2.27. The molecule has 0 spiro atoms. The van der Waals surface area contributed by atoms with Crippen LogP contribution >= 0.6 is 11.3 Å². The van der Waals surface area contributed by atoms with Crippen LogP contribution in [0, 0.1) is 6.92 Å². The molecule has 2 amide bonds. The summed E-state index contributed by atoms with van der Waals surface area (Å²) in [5.41, 5.74) is 13.3. The Morgan fingerprint density at radius 1 is 0.872 bits per heavy atom. The van der Waals surface area contributed by atoms with E-state index < -0.39 is 0 Å². The monoisotopic (exact) mass is 530 g/mol. The standard InChI is InChI=1S/C32H26N4O2S/c1-20-10-12-21(13-11-20)24-6-2-3-7-25(24)30(37)34-23-16-14-22(15-17-23)31(38)36-19-18-28-29(35-32(33)39-28)26-8-4-5-9-27(26)36/h2-17H,18-19H2,1H3,(H2,33,35)(H,34,37). The van der Waals surface area contributed by atoms with Crippen LogP contribution in [-0.4, -0.2) is 23.3 Å². The fraction of sp³-hybridized carbons (Fsp3) is 0.0938. The van der Waals surface area contributed by atoms with Gasteiger partial charge in [-0.1, -0.05) is 66.2 Å². The Bertz CT molecular complexity index is 1690. The fourth-order valence-corrected chi connectivity index (χ4v) is 5.76. The molecule has 6 rings (SSSR count). The van der Waals surface area contributed by atoms with Crippen molar-refractivity contribution in [2.24, 2.45) is 0 Å². The van der Waals surface area contributed by atoms with Crippen molar-refractivity contribution in [3.8, 4) is 22.4 Å². The lowest BCUT2D eigenvalue weighted by atomic mass is 9.98. The molecule has 0 saturated carbocycles. The third-order valence-corrected chi connectivity index (χ3v) is 7.84. The van der Waals surface area contributed by atoms with Gasteiger partial charge in [-0.25, -0.2) is 4.98 Å². The second-order valence-electron chi connectivity index (χ2n) is 9.49. The van der Waals surface area contributed by atoms with Crippen molar-refractivity contribution in [3.63, 3.8) is 0 Å². The number of thiazole rings is 1. The first-order chi connectivity index (χ1) is 19.0. The number of fused-ring (bicyclic) bond motifs is 3. The molecule has 2 heterocycles. The van der Waals surface area contributed by atoms with Crippen molar-refractivity contribution in [2.45, 2.75) is 13.3 Å². The summed E-state index contributed by atoms with van der Waals surface area (Å²) >= 11 is 1.47. The molecular weight excluding hydrogens is 504 g/mol. The Morgan fingerprint density at radius 2 is 1.56 bits per heavy atom. The van der Waals surface area contributed by atoms with Crippen molar-refractivity contribution in [3.05, 3.63) is 119 Å². The summed E-state index contributed by atoms with van der Waals surface area (Å²) in [6, 6.07) is 30.5. The molecule has 7 heteroatoms. The summed E-state index contributed by atoms with van der Waals surface area (Å²) in [5, 5.41) is 3.52. The molecule has 1 aliphatic heterocycles. The first kappa shape index (κ1) is 24.6. The Labute approximate surface area is 230 Å². The lowest BCUT2D eigenvalue weighted by Gasteiger charge is -2.23. The zero-order valence-electron chi connectivity index (χ0n) is 21.3. The molecule has 0 saturated heterocycles. The van der Waals surface area contributed by atoms with Gasteiger partial charge in [0.25, 0.3) is 11.8 Å². The summed E-state index contributed by atoms with van der Waals surface area (Å²) in [6.45, 7) is 2.56. The number of anilines is 3. The van der Waals surface area contributed by atoms with Gasteiger partial charge in [-0.05, 0) is 54.4 Å². The summed E-state index contributed by atoms with van der Waals surface area (Å²) in [5.74, 6) is -0.308. The molecule has 3 N–H and O–H groups in total. The Kier molecular flexibility index (Phi) is 6.42. The van der Waals surface area contributed by atoms with Crippen LogP contribution < -0.4 is 16.0 Å². The van der Waals surface area contributed by atoms with Gasteiger partial charge in [0.05, 0.1) is 11.4 Å². The van der Waals surface area contributed by atoms with E-state index in [1.807, 2.05) is 79.7 Å². The third-order valence-electron chi connectivity index (χ3n) is 6.90. The summed E-state index contributed by atoms with van der Waals surface area (Å²) in [6.07, 6.45) is 0.680. The van der Waals surface area contributed by atoms with E-state index >= 15 is 0 Å². The Hall–Kier alpha value is -4.75. The van der Waals surface area contributed by atoms with Crippen LogP contribution in [0.2, 0.25) is 0 Å². The molecule has 1 aliphatic rings. The molecular formula is C32H26N4O2S. The molecule has 0 unspecified atom stereocenters. The molecule has 6 nitrogen and oxygen atoms in total. The number of nitrogens with zero attached hydrogens (tertiary/aromatic N) is 2. The summed E-state index contributed by atoms with van der Waals surface area (Å²) in [7, 11) is 0. The molecule has 0 radical (unpaired) electrons. The number of nitrogens with one attached hydrogen (secondary N) is 1. The number of aromatic nitrogens is 1. The van der Waals surface area contributed by atoms with Crippen LogP contribution in [-0.2, 0) is 6.42 Å². The summed E-state index contributed by atoms with van der Waals surface area (Å²) < 4.78 is 0. The van der Waals surface area contributed by atoms with E-state index in [0.29, 0.717) is 34.9 Å². The predicted octanol–water partition coefficient (Wildman–Crippen LogP) is 6.82. The number of carbonyl (C=O) groups is 2. The molecule has 1 aromatic heterocycles. The number of hydrogen-bond donors (Lipinski definition) is 2. The maximum Gasteiger partial charge on any atom is 0.258 e. The lowest BCUT2D eigenvalue weighted by Crippen LogP contribution is -2.32. The number of benzene rings is 4. The number of hydrogen-bond acceptors (Lipinski definition) is 5. The Balaban J connectivity index is 1.22. The molecule has 0 aliphatic carbocycles. The number of aryl methyl sites for hydroxylation is 1. The van der Waals surface area contributed by atoms with E-state index in [1.54, 1.807) is 29.2 Å². The van der Waals surface area contributed by atoms with E-state index in [0.717, 1.165) is 38.5 Å². The normalized spacial score (nSPS) is 12.3. The zero-order chi connectivity index (χ0) is 26.9. The van der Waals surface area contributed by atoms with E-state index in [9.17, 15) is 9.59 Å². The van der Waals surface area contributed by atoms with Crippen LogP contribution in [0.3, 0.4) is 0 Å². The van der Waals surface area contributed by atoms with Crippen molar-refractivity contribution in [1.29, 1.82) is 0 Å². The van der Waals surface area contributed by atoms with Crippen molar-refractivity contribution in [1.82, 2.24) is 4.98 Å². The van der Waals surface area contributed by atoms with Gasteiger partial charge in [-0.3, -0.25) is 9.59 Å². The van der Waals surface area contributed by atoms with Crippen molar-refractivity contribution < 1.29 is 9.59 Å². The molecule has 4 aromatic carbocycles. The van der Waals surface area contributed by atoms with Gasteiger partial charge < -0.3 is 16.0 Å². The maximum absolute atomic E-state index is 13.6. The van der Waals surface area contributed by atoms with Crippen LogP contribution in [0.25, 0.3) is 22.4 Å². The predicted molar refractivity (Wildman–Crippen MR) is 158 cm³/mol. The number of carbonyl (C=O) groups excluding carboxylic acids is 2. The van der Waals surface area contributed by atoms with Gasteiger partial charge in [0.1, 0.15) is 0 Å². The first-order valence-electron chi connectivity index (χ1n) is 12.7. The second-order valence-corrected chi connectivity index (χ2v) is 10.6. The molecule has 192 valence electrons. The van der Waals surface area contributed by atoms with Crippen LogP contribution in [0.4, 0.5) is 16.5 Å². The highest BCUT2D eigenvalue weighted by Crippen LogP contribution is 2.39. The van der Waals surface area contributed by atoms with E-state index in [4.69, 9.17) is 5.73 Å². The number of rotatable bonds is 4. The average molecular weight is 531 g/mol. The molecule has 0 fully saturated rings. The largest absolute Gasteiger partial charge is 0.375 e. The highest BCUT2D eigenvalue weighted by molar-refractivity contribution is 7.15. The van der Waals surface area contributed by atoms with E-state index in [-0.39, 0.29) is 11.8 Å². The number of nitrogens with two attached hydrogens (primary N) is 1. The Morgan fingerprint density at radius 3 is 2.33 bits per heavy atom. The first-order valence-corrected chi connectivity index (χ1v) is 13.5. The fourth-order valence-electron chi connectivity index (χ4n) is 4.92. The molecule has 0 bridgehead atoms. The van der Waals surface area contributed by atoms with E-state index in [2.05, 4.69) is 10.3 Å².